The van der Waals surface area contributed by atoms with Crippen molar-refractivity contribution in [3.63, 3.8) is 0 Å². The standard InChI is InChI=1S/C21H24N4O5S/c1-30-18-5-3-2-4-16(18)23-9-6-22(7-10-23)8-11-24-20(28)15-13-31-14-17(15)25(21(24)29)12-19(26)27/h2-5,13-14H,6-12H2,1H3,(H,26,27). The number of piperazine rings is 1. The second kappa shape index (κ2) is 8.94. The van der Waals surface area contributed by atoms with Crippen LogP contribution in [0.4, 0.5) is 5.69 Å². The van der Waals surface area contributed by atoms with Gasteiger partial charge in [0, 0.05) is 50.0 Å². The molecule has 0 atom stereocenters. The van der Waals surface area contributed by atoms with Crippen molar-refractivity contribution in [3.05, 3.63) is 55.9 Å². The number of methoxy groups -OCH3 is 1. The average Bonchev–Trinajstić information content (AvgIpc) is 3.27. The van der Waals surface area contributed by atoms with E-state index in [1.54, 1.807) is 17.9 Å². The first-order valence-electron chi connectivity index (χ1n) is 10.0. The van der Waals surface area contributed by atoms with E-state index < -0.39 is 18.2 Å². The maximum absolute atomic E-state index is 12.8. The maximum Gasteiger partial charge on any atom is 0.332 e. The SMILES string of the molecule is COc1ccccc1N1CCN(CCn2c(=O)c3cscc3n(CC(=O)O)c2=O)CC1. The molecule has 3 aromatic rings. The minimum absolute atomic E-state index is 0.220. The largest absolute Gasteiger partial charge is 0.495 e. The van der Waals surface area contributed by atoms with Crippen molar-refractivity contribution in [2.45, 2.75) is 13.1 Å². The molecule has 1 fully saturated rings. The second-order valence-electron chi connectivity index (χ2n) is 7.39. The molecule has 1 N–H and O–H groups in total. The lowest BCUT2D eigenvalue weighted by atomic mass is 10.2. The molecular formula is C21H24N4O5S. The Labute approximate surface area is 182 Å². The maximum atomic E-state index is 12.8. The van der Waals surface area contributed by atoms with Crippen molar-refractivity contribution in [2.75, 3.05) is 44.7 Å². The van der Waals surface area contributed by atoms with Crippen molar-refractivity contribution in [3.8, 4) is 5.75 Å². The van der Waals surface area contributed by atoms with Crippen molar-refractivity contribution in [2.24, 2.45) is 0 Å². The lowest BCUT2D eigenvalue weighted by Crippen LogP contribution is -2.49. The Morgan fingerprint density at radius 3 is 2.52 bits per heavy atom. The topological polar surface area (TPSA) is 97.0 Å². The number of rotatable bonds is 7. The quantitative estimate of drug-likeness (QED) is 0.584. The number of hydrogen-bond acceptors (Lipinski definition) is 7. The number of carboxylic acids is 1. The number of hydrogen-bond donors (Lipinski definition) is 1. The lowest BCUT2D eigenvalue weighted by Gasteiger charge is -2.36. The third-order valence-corrected chi connectivity index (χ3v) is 6.33. The second-order valence-corrected chi connectivity index (χ2v) is 8.13. The molecule has 0 amide bonds. The molecule has 0 aliphatic carbocycles. The zero-order valence-electron chi connectivity index (χ0n) is 17.2. The number of para-hydroxylation sites is 2. The van der Waals surface area contributed by atoms with Gasteiger partial charge >= 0.3 is 11.7 Å². The van der Waals surface area contributed by atoms with Crippen molar-refractivity contribution < 1.29 is 14.6 Å². The lowest BCUT2D eigenvalue weighted by molar-refractivity contribution is -0.137. The average molecular weight is 445 g/mol. The highest BCUT2D eigenvalue weighted by atomic mass is 32.1. The predicted molar refractivity (Wildman–Crippen MR) is 120 cm³/mol. The summed E-state index contributed by atoms with van der Waals surface area (Å²) in [7, 11) is 1.66. The Balaban J connectivity index is 1.47. The molecule has 1 aliphatic heterocycles. The van der Waals surface area contributed by atoms with Crippen LogP contribution in [-0.2, 0) is 17.9 Å². The fourth-order valence-corrected chi connectivity index (χ4v) is 4.78. The summed E-state index contributed by atoms with van der Waals surface area (Å²) in [6.45, 7) is 3.48. The van der Waals surface area contributed by atoms with Crippen molar-refractivity contribution in [1.82, 2.24) is 14.0 Å². The Kier molecular flexibility index (Phi) is 6.10. The summed E-state index contributed by atoms with van der Waals surface area (Å²) in [4.78, 5) is 41.3. The number of nitrogens with zero attached hydrogens (tertiary/aromatic N) is 4. The summed E-state index contributed by atoms with van der Waals surface area (Å²) in [6.07, 6.45) is 0. The number of carboxylic acid groups (broad SMARTS) is 1. The number of aliphatic carboxylic acids is 1. The number of benzene rings is 1. The van der Waals surface area contributed by atoms with Gasteiger partial charge < -0.3 is 14.7 Å². The third kappa shape index (κ3) is 4.21. The first kappa shape index (κ1) is 21.1. The van der Waals surface area contributed by atoms with Crippen LogP contribution in [0.2, 0.25) is 0 Å². The van der Waals surface area contributed by atoms with Crippen LogP contribution in [0.1, 0.15) is 0 Å². The van der Waals surface area contributed by atoms with Crippen molar-refractivity contribution >= 4 is 33.9 Å². The zero-order chi connectivity index (χ0) is 22.0. The Morgan fingerprint density at radius 1 is 1.06 bits per heavy atom. The first-order valence-corrected chi connectivity index (χ1v) is 11.0. The molecule has 0 unspecified atom stereocenters. The van der Waals surface area contributed by atoms with E-state index in [4.69, 9.17) is 4.74 Å². The minimum atomic E-state index is -1.12. The van der Waals surface area contributed by atoms with Crippen LogP contribution >= 0.6 is 11.3 Å². The molecule has 1 saturated heterocycles. The van der Waals surface area contributed by atoms with Gasteiger partial charge in [0.25, 0.3) is 5.56 Å². The molecule has 0 spiro atoms. The molecule has 0 bridgehead atoms. The highest BCUT2D eigenvalue weighted by molar-refractivity contribution is 7.09. The van der Waals surface area contributed by atoms with Gasteiger partial charge in [-0.25, -0.2) is 4.79 Å². The van der Waals surface area contributed by atoms with E-state index in [1.165, 1.54) is 11.3 Å². The molecule has 0 radical (unpaired) electrons. The summed E-state index contributed by atoms with van der Waals surface area (Å²) < 4.78 is 7.77. The molecule has 2 aromatic heterocycles. The molecule has 4 rings (SSSR count). The number of aromatic nitrogens is 2. The minimum Gasteiger partial charge on any atom is -0.495 e. The van der Waals surface area contributed by atoms with Crippen LogP contribution in [0, 0.1) is 0 Å². The first-order chi connectivity index (χ1) is 15.0. The summed E-state index contributed by atoms with van der Waals surface area (Å²) in [5, 5.41) is 12.9. The monoisotopic (exact) mass is 444 g/mol. The molecule has 31 heavy (non-hydrogen) atoms. The highest BCUT2D eigenvalue weighted by Crippen LogP contribution is 2.28. The van der Waals surface area contributed by atoms with Gasteiger partial charge in [-0.05, 0) is 12.1 Å². The fraction of sp³-hybridized carbons (Fsp3) is 0.381. The van der Waals surface area contributed by atoms with Crippen LogP contribution in [0.15, 0.2) is 44.6 Å². The number of carbonyl (C=O) groups is 1. The van der Waals surface area contributed by atoms with Gasteiger partial charge in [-0.3, -0.25) is 23.6 Å². The smallest absolute Gasteiger partial charge is 0.332 e. The number of ether oxygens (including phenoxy) is 1. The van der Waals surface area contributed by atoms with Crippen LogP contribution in [-0.4, -0.2) is 64.9 Å². The molecular weight excluding hydrogens is 420 g/mol. The van der Waals surface area contributed by atoms with E-state index >= 15 is 0 Å². The van der Waals surface area contributed by atoms with Gasteiger partial charge in [-0.2, -0.15) is 0 Å². The molecule has 1 aromatic carbocycles. The van der Waals surface area contributed by atoms with Crippen LogP contribution in [0.25, 0.3) is 10.9 Å². The Bertz CT molecular complexity index is 1210. The number of thiophene rings is 1. The van der Waals surface area contributed by atoms with Gasteiger partial charge in [0.15, 0.2) is 0 Å². The molecule has 1 aliphatic rings. The highest BCUT2D eigenvalue weighted by Gasteiger charge is 2.21. The molecule has 164 valence electrons. The Hall–Kier alpha value is -3.11. The number of fused-ring (bicyclic) bond motifs is 1. The normalized spacial score (nSPS) is 14.8. The zero-order valence-corrected chi connectivity index (χ0v) is 18.0. The fourth-order valence-electron chi connectivity index (χ4n) is 3.97. The molecule has 0 saturated carbocycles. The predicted octanol–water partition coefficient (Wildman–Crippen LogP) is 1.14. The van der Waals surface area contributed by atoms with E-state index in [0.717, 1.165) is 46.8 Å². The summed E-state index contributed by atoms with van der Waals surface area (Å²) in [5.41, 5.74) is 0.492. The van der Waals surface area contributed by atoms with E-state index in [9.17, 15) is 19.5 Å². The van der Waals surface area contributed by atoms with E-state index in [1.807, 2.05) is 24.3 Å². The van der Waals surface area contributed by atoms with Crippen LogP contribution in [0.3, 0.4) is 0 Å². The summed E-state index contributed by atoms with van der Waals surface area (Å²) in [6, 6.07) is 7.91. The molecule has 10 heteroatoms. The van der Waals surface area contributed by atoms with Crippen LogP contribution in [0.5, 0.6) is 5.75 Å². The summed E-state index contributed by atoms with van der Waals surface area (Å²) in [5.74, 6) is -0.280. The van der Waals surface area contributed by atoms with E-state index in [0.29, 0.717) is 17.4 Å². The van der Waals surface area contributed by atoms with Crippen molar-refractivity contribution in [1.29, 1.82) is 0 Å². The van der Waals surface area contributed by atoms with Gasteiger partial charge in [-0.1, -0.05) is 12.1 Å². The molecule has 3 heterocycles. The van der Waals surface area contributed by atoms with Gasteiger partial charge in [0.2, 0.25) is 0 Å². The Morgan fingerprint density at radius 2 is 1.81 bits per heavy atom. The van der Waals surface area contributed by atoms with Gasteiger partial charge in [0.1, 0.15) is 12.3 Å². The third-order valence-electron chi connectivity index (χ3n) is 5.60. The molecule has 9 nitrogen and oxygen atoms in total. The number of anilines is 1. The van der Waals surface area contributed by atoms with Gasteiger partial charge in [-0.15, -0.1) is 11.3 Å². The summed E-state index contributed by atoms with van der Waals surface area (Å²) >= 11 is 1.28. The van der Waals surface area contributed by atoms with E-state index in [2.05, 4.69) is 9.80 Å². The van der Waals surface area contributed by atoms with Crippen LogP contribution < -0.4 is 20.9 Å². The van der Waals surface area contributed by atoms with Gasteiger partial charge in [0.05, 0.1) is 23.7 Å². The van der Waals surface area contributed by atoms with E-state index in [-0.39, 0.29) is 12.1 Å².